The Bertz CT molecular complexity index is 672. The summed E-state index contributed by atoms with van der Waals surface area (Å²) in [4.78, 5) is 22.9. The number of hydrogen-bond donors (Lipinski definition) is 3. The Morgan fingerprint density at radius 2 is 2.00 bits per heavy atom. The number of hydrogen-bond acceptors (Lipinski definition) is 5. The predicted octanol–water partition coefficient (Wildman–Crippen LogP) is 1.27. The van der Waals surface area contributed by atoms with E-state index in [1.165, 1.54) is 0 Å². The van der Waals surface area contributed by atoms with Crippen molar-refractivity contribution < 1.29 is 14.7 Å². The maximum atomic E-state index is 11.6. The summed E-state index contributed by atoms with van der Waals surface area (Å²) in [6, 6.07) is 7.03. The molecule has 0 unspecified atom stereocenters. The summed E-state index contributed by atoms with van der Waals surface area (Å²) >= 11 is 0. The molecule has 0 radical (unpaired) electrons. The molecule has 0 fully saturated rings. The summed E-state index contributed by atoms with van der Waals surface area (Å²) in [7, 11) is 0. The Hall–Kier alpha value is -2.70. The lowest BCUT2D eigenvalue weighted by molar-refractivity contribution is -0.119. The van der Waals surface area contributed by atoms with Crippen molar-refractivity contribution in [1.82, 2.24) is 15.5 Å². The molecule has 1 aromatic heterocycles. The van der Waals surface area contributed by atoms with Crippen LogP contribution < -0.4 is 10.6 Å². The van der Waals surface area contributed by atoms with E-state index >= 15 is 0 Å². The molecule has 0 atom stereocenters. The van der Waals surface area contributed by atoms with E-state index in [1.54, 1.807) is 24.3 Å². The lowest BCUT2D eigenvalue weighted by Crippen LogP contribution is -2.30. The first kappa shape index (κ1) is 14.7. The van der Waals surface area contributed by atoms with Gasteiger partial charge in [0.2, 0.25) is 5.91 Å². The fourth-order valence-corrected chi connectivity index (χ4v) is 1.88. The van der Waals surface area contributed by atoms with Crippen molar-refractivity contribution in [2.24, 2.45) is 0 Å². The molecule has 3 N–H and O–H groups in total. The van der Waals surface area contributed by atoms with Crippen LogP contribution in [-0.4, -0.2) is 40.3 Å². The molecular formula is C14H16N4O3. The summed E-state index contributed by atoms with van der Waals surface area (Å²) in [5, 5.41) is 22.9. The second kappa shape index (κ2) is 6.65. The number of rotatable bonds is 6. The van der Waals surface area contributed by atoms with E-state index < -0.39 is 5.97 Å². The lowest BCUT2D eigenvalue weighted by atomic mass is 10.1. The zero-order valence-electron chi connectivity index (χ0n) is 11.6. The van der Waals surface area contributed by atoms with Gasteiger partial charge in [0.15, 0.2) is 5.69 Å². The minimum atomic E-state index is -1.19. The van der Waals surface area contributed by atoms with E-state index in [0.29, 0.717) is 23.1 Å². The molecule has 1 aromatic carbocycles. The average molecular weight is 288 g/mol. The standard InChI is InChI=1S/C14H16N4O3/c1-2-7-15-11(19)8-16-12-9-5-3-4-6-10(9)17-18-13(12)14(20)21/h3-6H,2,7-8H2,1H3,(H,15,19)(H,16,17)(H,20,21). The molecule has 0 saturated carbocycles. The number of carboxylic acid groups (broad SMARTS) is 1. The molecule has 0 saturated heterocycles. The number of anilines is 1. The zero-order valence-corrected chi connectivity index (χ0v) is 11.6. The van der Waals surface area contributed by atoms with Crippen LogP contribution >= 0.6 is 0 Å². The van der Waals surface area contributed by atoms with Gasteiger partial charge in [-0.2, -0.15) is 0 Å². The van der Waals surface area contributed by atoms with Crippen LogP contribution in [0.5, 0.6) is 0 Å². The highest BCUT2D eigenvalue weighted by molar-refractivity contribution is 6.03. The number of nitrogens with zero attached hydrogens (tertiary/aromatic N) is 2. The van der Waals surface area contributed by atoms with Crippen LogP contribution in [0.15, 0.2) is 24.3 Å². The first-order chi connectivity index (χ1) is 10.1. The number of aromatic nitrogens is 2. The van der Waals surface area contributed by atoms with E-state index in [4.69, 9.17) is 0 Å². The van der Waals surface area contributed by atoms with E-state index in [0.717, 1.165) is 6.42 Å². The minimum Gasteiger partial charge on any atom is -0.476 e. The largest absolute Gasteiger partial charge is 0.476 e. The third kappa shape index (κ3) is 3.44. The van der Waals surface area contributed by atoms with Gasteiger partial charge in [-0.05, 0) is 12.5 Å². The minimum absolute atomic E-state index is 0.0179. The maximum Gasteiger partial charge on any atom is 0.358 e. The van der Waals surface area contributed by atoms with Crippen molar-refractivity contribution in [3.05, 3.63) is 30.0 Å². The van der Waals surface area contributed by atoms with E-state index in [-0.39, 0.29) is 18.1 Å². The summed E-state index contributed by atoms with van der Waals surface area (Å²) in [5.74, 6) is -1.39. The molecule has 21 heavy (non-hydrogen) atoms. The third-order valence-electron chi connectivity index (χ3n) is 2.87. The molecule has 0 aliphatic carbocycles. The highest BCUT2D eigenvalue weighted by Gasteiger charge is 2.16. The number of benzene rings is 1. The first-order valence-electron chi connectivity index (χ1n) is 6.62. The molecular weight excluding hydrogens is 272 g/mol. The van der Waals surface area contributed by atoms with E-state index in [1.807, 2.05) is 6.92 Å². The van der Waals surface area contributed by atoms with Gasteiger partial charge < -0.3 is 15.7 Å². The number of carbonyl (C=O) groups is 2. The van der Waals surface area contributed by atoms with Crippen LogP contribution in [-0.2, 0) is 4.79 Å². The predicted molar refractivity (Wildman–Crippen MR) is 78.3 cm³/mol. The Morgan fingerprint density at radius 1 is 1.24 bits per heavy atom. The van der Waals surface area contributed by atoms with Crippen molar-refractivity contribution >= 4 is 28.5 Å². The van der Waals surface area contributed by atoms with E-state index in [2.05, 4.69) is 20.8 Å². The Balaban J connectivity index is 2.29. The monoisotopic (exact) mass is 288 g/mol. The van der Waals surface area contributed by atoms with Crippen molar-refractivity contribution in [2.45, 2.75) is 13.3 Å². The van der Waals surface area contributed by atoms with Crippen LogP contribution in [0.2, 0.25) is 0 Å². The van der Waals surface area contributed by atoms with Crippen molar-refractivity contribution in [1.29, 1.82) is 0 Å². The number of carbonyl (C=O) groups excluding carboxylic acids is 1. The summed E-state index contributed by atoms with van der Waals surface area (Å²) in [6.07, 6.45) is 0.839. The summed E-state index contributed by atoms with van der Waals surface area (Å²) in [5.41, 5.74) is 0.677. The van der Waals surface area contributed by atoms with Crippen LogP contribution in [0.3, 0.4) is 0 Å². The van der Waals surface area contributed by atoms with Crippen LogP contribution in [0, 0.1) is 0 Å². The molecule has 1 heterocycles. The quantitative estimate of drug-likeness (QED) is 0.739. The molecule has 0 aliphatic rings. The summed E-state index contributed by atoms with van der Waals surface area (Å²) in [6.45, 7) is 2.52. The van der Waals surface area contributed by atoms with Gasteiger partial charge in [0, 0.05) is 11.9 Å². The number of nitrogens with one attached hydrogen (secondary N) is 2. The molecule has 2 aromatic rings. The van der Waals surface area contributed by atoms with Gasteiger partial charge in [-0.15, -0.1) is 10.2 Å². The van der Waals surface area contributed by atoms with Crippen LogP contribution in [0.25, 0.3) is 10.9 Å². The van der Waals surface area contributed by atoms with Gasteiger partial charge in [0.05, 0.1) is 17.7 Å². The van der Waals surface area contributed by atoms with Gasteiger partial charge in [0.1, 0.15) is 0 Å². The highest BCUT2D eigenvalue weighted by Crippen LogP contribution is 2.23. The van der Waals surface area contributed by atoms with Gasteiger partial charge in [-0.25, -0.2) is 4.79 Å². The number of amides is 1. The molecule has 7 nitrogen and oxygen atoms in total. The third-order valence-corrected chi connectivity index (χ3v) is 2.87. The molecule has 0 spiro atoms. The topological polar surface area (TPSA) is 104 Å². The second-order valence-electron chi connectivity index (χ2n) is 4.45. The van der Waals surface area contributed by atoms with Gasteiger partial charge >= 0.3 is 5.97 Å². The Morgan fingerprint density at radius 3 is 2.71 bits per heavy atom. The van der Waals surface area contributed by atoms with Crippen molar-refractivity contribution in [3.63, 3.8) is 0 Å². The molecule has 0 aliphatic heterocycles. The number of fused-ring (bicyclic) bond motifs is 1. The molecule has 1 amide bonds. The fraction of sp³-hybridized carbons (Fsp3) is 0.286. The smallest absolute Gasteiger partial charge is 0.358 e. The van der Waals surface area contributed by atoms with Crippen LogP contribution in [0.4, 0.5) is 5.69 Å². The van der Waals surface area contributed by atoms with Gasteiger partial charge in [0.25, 0.3) is 0 Å². The number of aromatic carboxylic acids is 1. The van der Waals surface area contributed by atoms with E-state index in [9.17, 15) is 14.7 Å². The SMILES string of the molecule is CCCNC(=O)CNc1c(C(=O)O)nnc2ccccc12. The normalized spacial score (nSPS) is 10.3. The van der Waals surface area contributed by atoms with Gasteiger partial charge in [-0.1, -0.05) is 25.1 Å². The Labute approximate surface area is 121 Å². The summed E-state index contributed by atoms with van der Waals surface area (Å²) < 4.78 is 0. The van der Waals surface area contributed by atoms with Crippen molar-refractivity contribution in [2.75, 3.05) is 18.4 Å². The molecule has 2 rings (SSSR count). The zero-order chi connectivity index (χ0) is 15.2. The molecule has 7 heteroatoms. The maximum absolute atomic E-state index is 11.6. The average Bonchev–Trinajstić information content (AvgIpc) is 2.50. The lowest BCUT2D eigenvalue weighted by Gasteiger charge is -2.11. The Kier molecular flexibility index (Phi) is 4.65. The number of carboxylic acids is 1. The van der Waals surface area contributed by atoms with Gasteiger partial charge in [-0.3, -0.25) is 4.79 Å². The fourth-order valence-electron chi connectivity index (χ4n) is 1.88. The second-order valence-corrected chi connectivity index (χ2v) is 4.45. The van der Waals surface area contributed by atoms with Crippen LogP contribution in [0.1, 0.15) is 23.8 Å². The molecule has 110 valence electrons. The highest BCUT2D eigenvalue weighted by atomic mass is 16.4. The molecule has 0 bridgehead atoms. The first-order valence-corrected chi connectivity index (χ1v) is 6.62. The van der Waals surface area contributed by atoms with Crippen molar-refractivity contribution in [3.8, 4) is 0 Å².